The average molecular weight is 285 g/mol. The van der Waals surface area contributed by atoms with E-state index in [1.165, 1.54) is 0 Å². The summed E-state index contributed by atoms with van der Waals surface area (Å²) in [5, 5.41) is 0.577. The molecule has 0 aliphatic carbocycles. The highest BCUT2D eigenvalue weighted by atomic mass is 16.7. The van der Waals surface area contributed by atoms with Crippen LogP contribution < -0.4 is 0 Å². The minimum absolute atomic E-state index is 0.107. The van der Waals surface area contributed by atoms with E-state index < -0.39 is 23.4 Å². The lowest BCUT2D eigenvalue weighted by Crippen LogP contribution is -2.33. The minimum atomic E-state index is -0.583. The van der Waals surface area contributed by atoms with Gasteiger partial charge in [0.1, 0.15) is 0 Å². The van der Waals surface area contributed by atoms with E-state index in [1.807, 2.05) is 13.8 Å². The topological polar surface area (TPSA) is 72.9 Å². The monoisotopic (exact) mass is 285 g/mol. The van der Waals surface area contributed by atoms with E-state index in [0.29, 0.717) is 18.1 Å². The summed E-state index contributed by atoms with van der Waals surface area (Å²) in [5.41, 5.74) is -0.423. The standard InChI is InChI=1S/C14H23NO5/c1-4-5-10-19-14(2,3)9-8-13(18)20-15-11(16)6-7-12(15)17/h4-10H2,1-3H3. The molecule has 0 aromatic heterocycles. The molecule has 0 N–H and O–H groups in total. The number of hydrogen-bond donors (Lipinski definition) is 0. The van der Waals surface area contributed by atoms with Crippen LogP contribution in [0.15, 0.2) is 0 Å². The fourth-order valence-electron chi connectivity index (χ4n) is 1.77. The second kappa shape index (κ2) is 7.38. The third-order valence-corrected chi connectivity index (χ3v) is 3.12. The zero-order valence-corrected chi connectivity index (χ0v) is 12.4. The van der Waals surface area contributed by atoms with Crippen LogP contribution in [0.3, 0.4) is 0 Å². The van der Waals surface area contributed by atoms with E-state index in [4.69, 9.17) is 9.57 Å². The Hall–Kier alpha value is -1.43. The number of carbonyl (C=O) groups excluding carboxylic acids is 3. The Labute approximate surface area is 119 Å². The van der Waals surface area contributed by atoms with Gasteiger partial charge in [-0.2, -0.15) is 0 Å². The fourth-order valence-corrected chi connectivity index (χ4v) is 1.77. The van der Waals surface area contributed by atoms with Crippen LogP contribution in [-0.4, -0.2) is 35.1 Å². The van der Waals surface area contributed by atoms with Gasteiger partial charge < -0.3 is 9.57 Å². The molecule has 1 aliphatic heterocycles. The Morgan fingerprint density at radius 2 is 1.85 bits per heavy atom. The van der Waals surface area contributed by atoms with Crippen molar-refractivity contribution in [3.05, 3.63) is 0 Å². The molecule has 0 saturated carbocycles. The van der Waals surface area contributed by atoms with Crippen molar-refractivity contribution in [3.63, 3.8) is 0 Å². The summed E-state index contributed by atoms with van der Waals surface area (Å²) in [6, 6.07) is 0. The van der Waals surface area contributed by atoms with Crippen molar-refractivity contribution in [2.75, 3.05) is 6.61 Å². The van der Waals surface area contributed by atoms with E-state index in [-0.39, 0.29) is 19.3 Å². The highest BCUT2D eigenvalue weighted by Gasteiger charge is 2.33. The number of hydroxylamine groups is 2. The SMILES string of the molecule is CCCCOC(C)(C)CCC(=O)ON1C(=O)CCC1=O. The maximum atomic E-state index is 11.6. The van der Waals surface area contributed by atoms with Crippen LogP contribution in [0.2, 0.25) is 0 Å². The molecule has 6 nitrogen and oxygen atoms in total. The van der Waals surface area contributed by atoms with E-state index in [0.717, 1.165) is 12.8 Å². The molecule has 1 heterocycles. The Kier molecular flexibility index (Phi) is 6.13. The molecule has 6 heteroatoms. The Morgan fingerprint density at radius 1 is 1.25 bits per heavy atom. The molecule has 0 spiro atoms. The lowest BCUT2D eigenvalue weighted by atomic mass is 10.0. The van der Waals surface area contributed by atoms with Gasteiger partial charge in [0.05, 0.1) is 12.0 Å². The van der Waals surface area contributed by atoms with Crippen molar-refractivity contribution >= 4 is 17.8 Å². The summed E-state index contributed by atoms with van der Waals surface area (Å²) in [5.74, 6) is -1.50. The molecular formula is C14H23NO5. The van der Waals surface area contributed by atoms with Crippen LogP contribution in [0.4, 0.5) is 0 Å². The molecule has 0 atom stereocenters. The lowest BCUT2D eigenvalue weighted by Gasteiger charge is -2.25. The Balaban J connectivity index is 2.32. The highest BCUT2D eigenvalue weighted by Crippen LogP contribution is 2.19. The summed E-state index contributed by atoms with van der Waals surface area (Å²) >= 11 is 0. The zero-order chi connectivity index (χ0) is 15.2. The van der Waals surface area contributed by atoms with Gasteiger partial charge in [-0.15, -0.1) is 5.06 Å². The van der Waals surface area contributed by atoms with Gasteiger partial charge in [0.25, 0.3) is 11.8 Å². The van der Waals surface area contributed by atoms with Crippen LogP contribution >= 0.6 is 0 Å². The summed E-state index contributed by atoms with van der Waals surface area (Å²) in [6.07, 6.45) is 2.83. The van der Waals surface area contributed by atoms with Crippen LogP contribution in [0.5, 0.6) is 0 Å². The van der Waals surface area contributed by atoms with Crippen LogP contribution in [0.25, 0.3) is 0 Å². The number of nitrogens with zero attached hydrogens (tertiary/aromatic N) is 1. The Bertz CT molecular complexity index is 362. The first kappa shape index (κ1) is 16.6. The number of amides is 2. The van der Waals surface area contributed by atoms with Crippen molar-refractivity contribution in [2.45, 2.75) is 64.9 Å². The molecule has 1 aliphatic rings. The second-order valence-corrected chi connectivity index (χ2v) is 5.51. The Morgan fingerprint density at radius 3 is 2.40 bits per heavy atom. The summed E-state index contributed by atoms with van der Waals surface area (Å²) in [6.45, 7) is 6.55. The molecule has 0 aromatic rings. The van der Waals surface area contributed by atoms with Crippen molar-refractivity contribution in [3.8, 4) is 0 Å². The zero-order valence-electron chi connectivity index (χ0n) is 12.4. The van der Waals surface area contributed by atoms with E-state index >= 15 is 0 Å². The van der Waals surface area contributed by atoms with E-state index in [2.05, 4.69) is 6.92 Å². The van der Waals surface area contributed by atoms with Crippen LogP contribution in [0.1, 0.15) is 59.3 Å². The number of hydrogen-bond acceptors (Lipinski definition) is 5. The number of imide groups is 1. The molecule has 2 amide bonds. The predicted octanol–water partition coefficient (Wildman–Crippen LogP) is 1.97. The maximum Gasteiger partial charge on any atom is 0.333 e. The van der Waals surface area contributed by atoms with Gasteiger partial charge in [-0.05, 0) is 26.7 Å². The summed E-state index contributed by atoms with van der Waals surface area (Å²) in [4.78, 5) is 39.0. The largest absolute Gasteiger partial charge is 0.376 e. The number of unbranched alkanes of at least 4 members (excludes halogenated alkanes) is 1. The van der Waals surface area contributed by atoms with Crippen molar-refractivity contribution in [2.24, 2.45) is 0 Å². The second-order valence-electron chi connectivity index (χ2n) is 5.51. The number of ether oxygens (including phenoxy) is 1. The maximum absolute atomic E-state index is 11.6. The number of rotatable bonds is 8. The quantitative estimate of drug-likeness (QED) is 0.503. The van der Waals surface area contributed by atoms with Gasteiger partial charge in [0.2, 0.25) is 0 Å². The predicted molar refractivity (Wildman–Crippen MR) is 71.4 cm³/mol. The van der Waals surface area contributed by atoms with Crippen molar-refractivity contribution < 1.29 is 24.0 Å². The van der Waals surface area contributed by atoms with E-state index in [9.17, 15) is 14.4 Å². The number of carbonyl (C=O) groups is 3. The van der Waals surface area contributed by atoms with Crippen molar-refractivity contribution in [1.29, 1.82) is 0 Å². The van der Waals surface area contributed by atoms with E-state index in [1.54, 1.807) is 0 Å². The molecule has 0 unspecified atom stereocenters. The molecule has 114 valence electrons. The van der Waals surface area contributed by atoms with Crippen molar-refractivity contribution in [1.82, 2.24) is 5.06 Å². The van der Waals surface area contributed by atoms with Gasteiger partial charge in [0.15, 0.2) is 0 Å². The smallest absolute Gasteiger partial charge is 0.333 e. The van der Waals surface area contributed by atoms with Gasteiger partial charge in [-0.3, -0.25) is 9.59 Å². The molecule has 0 radical (unpaired) electrons. The van der Waals surface area contributed by atoms with Gasteiger partial charge >= 0.3 is 5.97 Å². The molecule has 20 heavy (non-hydrogen) atoms. The molecular weight excluding hydrogens is 262 g/mol. The van der Waals surface area contributed by atoms with Gasteiger partial charge in [0, 0.05) is 19.4 Å². The first-order chi connectivity index (χ1) is 9.35. The third-order valence-electron chi connectivity index (χ3n) is 3.12. The minimum Gasteiger partial charge on any atom is -0.376 e. The summed E-state index contributed by atoms with van der Waals surface area (Å²) < 4.78 is 5.68. The normalized spacial score (nSPS) is 15.8. The molecule has 1 saturated heterocycles. The molecule has 1 fully saturated rings. The molecule has 1 rings (SSSR count). The first-order valence-electron chi connectivity index (χ1n) is 7.06. The highest BCUT2D eigenvalue weighted by molar-refractivity contribution is 6.01. The average Bonchev–Trinajstić information content (AvgIpc) is 2.69. The first-order valence-corrected chi connectivity index (χ1v) is 7.06. The fraction of sp³-hybridized carbons (Fsp3) is 0.786. The van der Waals surface area contributed by atoms with Gasteiger partial charge in [-0.25, -0.2) is 4.79 Å². The third kappa shape index (κ3) is 5.28. The van der Waals surface area contributed by atoms with Crippen LogP contribution in [0, 0.1) is 0 Å². The molecule has 0 bridgehead atoms. The van der Waals surface area contributed by atoms with Crippen LogP contribution in [-0.2, 0) is 24.0 Å². The molecule has 0 aromatic carbocycles. The van der Waals surface area contributed by atoms with Gasteiger partial charge in [-0.1, -0.05) is 13.3 Å². The summed E-state index contributed by atoms with van der Waals surface area (Å²) in [7, 11) is 0. The lowest BCUT2D eigenvalue weighted by molar-refractivity contribution is -0.198.